The molecule has 0 spiro atoms. The fourth-order valence-corrected chi connectivity index (χ4v) is 1.68. The molecular formula is C12H11ClN4. The lowest BCUT2D eigenvalue weighted by Crippen LogP contribution is -2.02. The maximum atomic E-state index is 8.96. The fraction of sp³-hybridized carbons (Fsp3) is 0.167. The Bertz CT molecular complexity index is 568. The maximum absolute atomic E-state index is 8.96. The van der Waals surface area contributed by atoms with Gasteiger partial charge in [0.05, 0.1) is 23.5 Å². The summed E-state index contributed by atoms with van der Waals surface area (Å²) in [7, 11) is 1.86. The third kappa shape index (κ3) is 2.77. The Morgan fingerprint density at radius 2 is 2.29 bits per heavy atom. The van der Waals surface area contributed by atoms with Gasteiger partial charge in [-0.1, -0.05) is 11.6 Å². The Morgan fingerprint density at radius 3 is 2.94 bits per heavy atom. The van der Waals surface area contributed by atoms with Crippen molar-refractivity contribution in [1.29, 1.82) is 5.26 Å². The first-order valence-corrected chi connectivity index (χ1v) is 5.49. The van der Waals surface area contributed by atoms with Crippen LogP contribution in [0, 0.1) is 11.3 Å². The molecule has 0 fully saturated rings. The molecule has 0 amide bonds. The first-order chi connectivity index (χ1) is 8.19. The number of aromatic nitrogens is 2. The molecule has 5 heteroatoms. The number of hydrogen-bond acceptors (Lipinski definition) is 3. The quantitative estimate of drug-likeness (QED) is 0.906. The molecule has 0 saturated heterocycles. The third-order valence-corrected chi connectivity index (χ3v) is 2.57. The van der Waals surface area contributed by atoms with Crippen molar-refractivity contribution in [3.63, 3.8) is 0 Å². The van der Waals surface area contributed by atoms with Crippen LogP contribution in [0.5, 0.6) is 0 Å². The average Bonchev–Trinajstić information content (AvgIpc) is 2.73. The molecule has 0 aliphatic carbocycles. The highest BCUT2D eigenvalue weighted by Crippen LogP contribution is 2.20. The van der Waals surface area contributed by atoms with E-state index in [9.17, 15) is 0 Å². The summed E-state index contributed by atoms with van der Waals surface area (Å²) in [6, 6.07) is 9.17. The first-order valence-electron chi connectivity index (χ1n) is 5.11. The van der Waals surface area contributed by atoms with E-state index in [-0.39, 0.29) is 0 Å². The van der Waals surface area contributed by atoms with E-state index in [1.54, 1.807) is 22.9 Å². The van der Waals surface area contributed by atoms with E-state index in [0.717, 1.165) is 11.4 Å². The summed E-state index contributed by atoms with van der Waals surface area (Å²) in [6.07, 6.45) is 1.88. The Morgan fingerprint density at radius 1 is 1.47 bits per heavy atom. The topological polar surface area (TPSA) is 53.6 Å². The number of anilines is 1. The molecule has 17 heavy (non-hydrogen) atoms. The van der Waals surface area contributed by atoms with Crippen LogP contribution in [0.4, 0.5) is 5.69 Å². The number of benzene rings is 1. The molecule has 2 aromatic rings. The smallest absolute Gasteiger partial charge is 0.101 e. The van der Waals surface area contributed by atoms with Crippen LogP contribution in [-0.4, -0.2) is 9.78 Å². The summed E-state index contributed by atoms with van der Waals surface area (Å²) in [5.41, 5.74) is 2.22. The Labute approximate surface area is 104 Å². The number of rotatable bonds is 3. The van der Waals surface area contributed by atoms with E-state index >= 15 is 0 Å². The van der Waals surface area contributed by atoms with Crippen molar-refractivity contribution in [3.8, 4) is 6.07 Å². The standard InChI is InChI=1S/C12H11ClN4/c1-17-5-4-11(16-17)8-15-12-6-10(13)3-2-9(12)7-14/h2-6,15H,8H2,1H3. The number of nitrogens with one attached hydrogen (secondary N) is 1. The summed E-state index contributed by atoms with van der Waals surface area (Å²) < 4.78 is 1.74. The second-order valence-electron chi connectivity index (χ2n) is 3.64. The van der Waals surface area contributed by atoms with E-state index < -0.39 is 0 Å². The molecule has 0 atom stereocenters. The molecule has 86 valence electrons. The predicted molar refractivity (Wildman–Crippen MR) is 66.7 cm³/mol. The molecular weight excluding hydrogens is 236 g/mol. The van der Waals surface area contributed by atoms with E-state index in [2.05, 4.69) is 16.5 Å². The zero-order valence-corrected chi connectivity index (χ0v) is 10.1. The van der Waals surface area contributed by atoms with Crippen LogP contribution in [0.15, 0.2) is 30.5 Å². The molecule has 0 radical (unpaired) electrons. The van der Waals surface area contributed by atoms with Crippen molar-refractivity contribution < 1.29 is 0 Å². The van der Waals surface area contributed by atoms with Gasteiger partial charge in [-0.15, -0.1) is 0 Å². The molecule has 2 rings (SSSR count). The normalized spacial score (nSPS) is 9.94. The second-order valence-corrected chi connectivity index (χ2v) is 4.07. The van der Waals surface area contributed by atoms with Crippen LogP contribution in [0.1, 0.15) is 11.3 Å². The van der Waals surface area contributed by atoms with Crippen LogP contribution in [0.2, 0.25) is 5.02 Å². The van der Waals surface area contributed by atoms with Gasteiger partial charge in [-0.25, -0.2) is 0 Å². The second kappa shape index (κ2) is 4.89. The lowest BCUT2D eigenvalue weighted by molar-refractivity contribution is 0.747. The molecule has 1 heterocycles. The van der Waals surface area contributed by atoms with Gasteiger partial charge in [0.2, 0.25) is 0 Å². The lowest BCUT2D eigenvalue weighted by Gasteiger charge is -2.06. The number of halogens is 1. The van der Waals surface area contributed by atoms with Gasteiger partial charge in [-0.3, -0.25) is 4.68 Å². The van der Waals surface area contributed by atoms with E-state index in [1.165, 1.54) is 0 Å². The number of nitriles is 1. The Hall–Kier alpha value is -1.99. The highest BCUT2D eigenvalue weighted by Gasteiger charge is 2.03. The third-order valence-electron chi connectivity index (χ3n) is 2.33. The summed E-state index contributed by atoms with van der Waals surface area (Å²) in [5, 5.41) is 17.0. The monoisotopic (exact) mass is 246 g/mol. The Kier molecular flexibility index (Phi) is 3.31. The van der Waals surface area contributed by atoms with Crippen LogP contribution < -0.4 is 5.32 Å². The molecule has 4 nitrogen and oxygen atoms in total. The molecule has 1 aromatic carbocycles. The fourth-order valence-electron chi connectivity index (χ4n) is 1.50. The van der Waals surface area contributed by atoms with Crippen molar-refractivity contribution in [3.05, 3.63) is 46.7 Å². The van der Waals surface area contributed by atoms with E-state index in [1.807, 2.05) is 19.3 Å². The zero-order valence-electron chi connectivity index (χ0n) is 9.31. The molecule has 0 aliphatic heterocycles. The van der Waals surface area contributed by atoms with Gasteiger partial charge in [0.1, 0.15) is 6.07 Å². The lowest BCUT2D eigenvalue weighted by atomic mass is 10.2. The number of aryl methyl sites for hydroxylation is 1. The molecule has 1 N–H and O–H groups in total. The van der Waals surface area contributed by atoms with Crippen molar-refractivity contribution in [1.82, 2.24) is 9.78 Å². The van der Waals surface area contributed by atoms with Gasteiger partial charge < -0.3 is 5.32 Å². The largest absolute Gasteiger partial charge is 0.378 e. The van der Waals surface area contributed by atoms with Crippen LogP contribution in [0.25, 0.3) is 0 Å². The van der Waals surface area contributed by atoms with Gasteiger partial charge in [-0.05, 0) is 24.3 Å². The number of hydrogen-bond donors (Lipinski definition) is 1. The Balaban J connectivity index is 2.13. The van der Waals surface area contributed by atoms with Crippen molar-refractivity contribution >= 4 is 17.3 Å². The van der Waals surface area contributed by atoms with Gasteiger partial charge in [0.15, 0.2) is 0 Å². The SMILES string of the molecule is Cn1ccc(CNc2cc(Cl)ccc2C#N)n1. The van der Waals surface area contributed by atoms with Crippen molar-refractivity contribution in [2.45, 2.75) is 6.54 Å². The van der Waals surface area contributed by atoms with Gasteiger partial charge in [-0.2, -0.15) is 10.4 Å². The molecule has 0 bridgehead atoms. The summed E-state index contributed by atoms with van der Waals surface area (Å²) >= 11 is 5.89. The summed E-state index contributed by atoms with van der Waals surface area (Å²) in [4.78, 5) is 0. The molecule has 0 unspecified atom stereocenters. The highest BCUT2D eigenvalue weighted by molar-refractivity contribution is 6.30. The van der Waals surface area contributed by atoms with Gasteiger partial charge >= 0.3 is 0 Å². The molecule has 1 aromatic heterocycles. The van der Waals surface area contributed by atoms with Crippen LogP contribution in [-0.2, 0) is 13.6 Å². The van der Waals surface area contributed by atoms with Gasteiger partial charge in [0, 0.05) is 18.3 Å². The number of nitrogens with zero attached hydrogens (tertiary/aromatic N) is 3. The average molecular weight is 247 g/mol. The zero-order chi connectivity index (χ0) is 12.3. The van der Waals surface area contributed by atoms with Gasteiger partial charge in [0.25, 0.3) is 0 Å². The van der Waals surface area contributed by atoms with E-state index in [4.69, 9.17) is 16.9 Å². The minimum atomic E-state index is 0.565. The van der Waals surface area contributed by atoms with Crippen molar-refractivity contribution in [2.24, 2.45) is 7.05 Å². The predicted octanol–water partition coefficient (Wildman–Crippen LogP) is 2.56. The molecule has 0 saturated carbocycles. The van der Waals surface area contributed by atoms with Crippen LogP contribution >= 0.6 is 11.6 Å². The first kappa shape index (κ1) is 11.5. The summed E-state index contributed by atoms with van der Waals surface area (Å²) in [6.45, 7) is 0.565. The minimum absolute atomic E-state index is 0.565. The van der Waals surface area contributed by atoms with Crippen LogP contribution in [0.3, 0.4) is 0 Å². The summed E-state index contributed by atoms with van der Waals surface area (Å²) in [5.74, 6) is 0. The van der Waals surface area contributed by atoms with Crippen molar-refractivity contribution in [2.75, 3.05) is 5.32 Å². The minimum Gasteiger partial charge on any atom is -0.378 e. The maximum Gasteiger partial charge on any atom is 0.101 e. The highest BCUT2D eigenvalue weighted by atomic mass is 35.5. The molecule has 0 aliphatic rings. The van der Waals surface area contributed by atoms with E-state index in [0.29, 0.717) is 17.1 Å².